The summed E-state index contributed by atoms with van der Waals surface area (Å²) in [5.41, 5.74) is 0.315. The van der Waals surface area contributed by atoms with E-state index in [0.717, 1.165) is 0 Å². The molecular formula is C13H10F2O3. The molecule has 94 valence electrons. The van der Waals surface area contributed by atoms with E-state index in [2.05, 4.69) is 9.47 Å². The first-order valence-corrected chi connectivity index (χ1v) is 5.18. The van der Waals surface area contributed by atoms with Crippen LogP contribution in [0.25, 0.3) is 10.8 Å². The van der Waals surface area contributed by atoms with E-state index < -0.39 is 12.6 Å². The Kier molecular flexibility index (Phi) is 3.41. The third-order valence-electron chi connectivity index (χ3n) is 2.51. The maximum Gasteiger partial charge on any atom is 0.387 e. The van der Waals surface area contributed by atoms with Gasteiger partial charge in [-0.25, -0.2) is 4.79 Å². The zero-order valence-electron chi connectivity index (χ0n) is 9.52. The molecule has 5 heteroatoms. The number of rotatable bonds is 3. The Bertz CT molecular complexity index is 581. The van der Waals surface area contributed by atoms with Gasteiger partial charge in [0.15, 0.2) is 0 Å². The van der Waals surface area contributed by atoms with Gasteiger partial charge in [-0.2, -0.15) is 8.78 Å². The lowest BCUT2D eigenvalue weighted by Gasteiger charge is -2.10. The fraction of sp³-hybridized carbons (Fsp3) is 0.154. The average molecular weight is 252 g/mol. The summed E-state index contributed by atoms with van der Waals surface area (Å²) in [7, 11) is 1.26. The Labute approximate surface area is 102 Å². The molecule has 0 aliphatic rings. The lowest BCUT2D eigenvalue weighted by molar-refractivity contribution is -0.0487. The highest BCUT2D eigenvalue weighted by Gasteiger charge is 2.14. The second kappa shape index (κ2) is 5.00. The second-order valence-electron chi connectivity index (χ2n) is 3.53. The van der Waals surface area contributed by atoms with Crippen molar-refractivity contribution in [1.82, 2.24) is 0 Å². The Morgan fingerprint density at radius 2 is 1.78 bits per heavy atom. The zero-order chi connectivity index (χ0) is 13.1. The quantitative estimate of drug-likeness (QED) is 0.787. The first kappa shape index (κ1) is 12.3. The summed E-state index contributed by atoms with van der Waals surface area (Å²) >= 11 is 0. The van der Waals surface area contributed by atoms with Crippen molar-refractivity contribution in [2.24, 2.45) is 0 Å². The fourth-order valence-corrected chi connectivity index (χ4v) is 1.76. The van der Waals surface area contributed by atoms with Crippen molar-refractivity contribution < 1.29 is 23.0 Å². The van der Waals surface area contributed by atoms with E-state index in [-0.39, 0.29) is 5.75 Å². The van der Waals surface area contributed by atoms with Crippen molar-refractivity contribution in [2.45, 2.75) is 6.61 Å². The molecule has 0 fully saturated rings. The summed E-state index contributed by atoms with van der Waals surface area (Å²) in [5, 5.41) is 0.961. The predicted octanol–water partition coefficient (Wildman–Crippen LogP) is 3.23. The summed E-state index contributed by atoms with van der Waals surface area (Å²) in [6.07, 6.45) is 0. The van der Waals surface area contributed by atoms with E-state index in [4.69, 9.17) is 0 Å². The Morgan fingerprint density at radius 1 is 1.11 bits per heavy atom. The largest absolute Gasteiger partial charge is 0.465 e. The van der Waals surface area contributed by atoms with Crippen LogP contribution in [0.1, 0.15) is 10.4 Å². The van der Waals surface area contributed by atoms with Crippen molar-refractivity contribution >= 4 is 16.7 Å². The normalized spacial score (nSPS) is 10.7. The van der Waals surface area contributed by atoms with Gasteiger partial charge in [0.25, 0.3) is 0 Å². The average Bonchev–Trinajstić information content (AvgIpc) is 2.38. The van der Waals surface area contributed by atoms with Crippen LogP contribution in [0.4, 0.5) is 8.78 Å². The number of benzene rings is 2. The number of carbonyl (C=O) groups is 1. The fourth-order valence-electron chi connectivity index (χ4n) is 1.76. The van der Waals surface area contributed by atoms with Gasteiger partial charge in [-0.15, -0.1) is 0 Å². The molecule has 0 aromatic heterocycles. The summed E-state index contributed by atoms with van der Waals surface area (Å²) in [6.45, 7) is -2.91. The molecule has 3 nitrogen and oxygen atoms in total. The topological polar surface area (TPSA) is 35.5 Å². The predicted molar refractivity (Wildman–Crippen MR) is 61.9 cm³/mol. The van der Waals surface area contributed by atoms with E-state index in [0.29, 0.717) is 16.3 Å². The molecule has 0 bridgehead atoms. The molecule has 0 saturated heterocycles. The third kappa shape index (κ3) is 2.25. The van der Waals surface area contributed by atoms with E-state index in [1.807, 2.05) is 0 Å². The van der Waals surface area contributed by atoms with Gasteiger partial charge >= 0.3 is 12.6 Å². The van der Waals surface area contributed by atoms with Gasteiger partial charge in [0.05, 0.1) is 12.7 Å². The van der Waals surface area contributed by atoms with E-state index in [1.54, 1.807) is 24.3 Å². The molecule has 0 spiro atoms. The van der Waals surface area contributed by atoms with Crippen molar-refractivity contribution in [2.75, 3.05) is 7.11 Å². The first-order chi connectivity index (χ1) is 8.63. The minimum absolute atomic E-state index is 0.0354. The van der Waals surface area contributed by atoms with Crippen LogP contribution in [0.15, 0.2) is 36.4 Å². The monoisotopic (exact) mass is 252 g/mol. The van der Waals surface area contributed by atoms with Gasteiger partial charge in [0, 0.05) is 5.39 Å². The van der Waals surface area contributed by atoms with Crippen LogP contribution >= 0.6 is 0 Å². The Hall–Kier alpha value is -2.17. The first-order valence-electron chi connectivity index (χ1n) is 5.18. The number of fused-ring (bicyclic) bond motifs is 1. The maximum absolute atomic E-state index is 12.3. The molecule has 0 saturated carbocycles. The van der Waals surface area contributed by atoms with Gasteiger partial charge < -0.3 is 9.47 Å². The minimum Gasteiger partial charge on any atom is -0.465 e. The summed E-state index contributed by atoms with van der Waals surface area (Å²) < 4.78 is 33.6. The van der Waals surface area contributed by atoms with E-state index in [1.165, 1.54) is 19.2 Å². The molecule has 0 amide bonds. The SMILES string of the molecule is COC(=O)c1ccc(OC(F)F)c2ccccc12. The highest BCUT2D eigenvalue weighted by Crippen LogP contribution is 2.29. The number of methoxy groups -OCH3 is 1. The number of hydrogen-bond acceptors (Lipinski definition) is 3. The van der Waals surface area contributed by atoms with Gasteiger partial charge in [-0.05, 0) is 17.5 Å². The zero-order valence-corrected chi connectivity index (χ0v) is 9.52. The summed E-state index contributed by atoms with van der Waals surface area (Å²) in [5.74, 6) is -0.483. The van der Waals surface area contributed by atoms with Crippen molar-refractivity contribution in [3.63, 3.8) is 0 Å². The van der Waals surface area contributed by atoms with Crippen LogP contribution in [0.3, 0.4) is 0 Å². The smallest absolute Gasteiger partial charge is 0.387 e. The lowest BCUT2D eigenvalue weighted by atomic mass is 10.0. The molecular weight excluding hydrogens is 242 g/mol. The third-order valence-corrected chi connectivity index (χ3v) is 2.51. The Balaban J connectivity index is 2.62. The standard InChI is InChI=1S/C13H10F2O3/c1-17-12(16)10-6-7-11(18-13(14)15)9-5-3-2-4-8(9)10/h2-7,13H,1H3. The van der Waals surface area contributed by atoms with Crippen LogP contribution in [0.5, 0.6) is 5.75 Å². The highest BCUT2D eigenvalue weighted by molar-refractivity contribution is 6.06. The van der Waals surface area contributed by atoms with Gasteiger partial charge in [-0.3, -0.25) is 0 Å². The van der Waals surface area contributed by atoms with Gasteiger partial charge in [-0.1, -0.05) is 24.3 Å². The molecule has 0 heterocycles. The molecule has 0 aliphatic carbocycles. The molecule has 18 heavy (non-hydrogen) atoms. The van der Waals surface area contributed by atoms with Crippen LogP contribution in [0.2, 0.25) is 0 Å². The van der Waals surface area contributed by atoms with Crippen LogP contribution in [0, 0.1) is 0 Å². The van der Waals surface area contributed by atoms with Gasteiger partial charge in [0.2, 0.25) is 0 Å². The van der Waals surface area contributed by atoms with Crippen LogP contribution < -0.4 is 4.74 Å². The van der Waals surface area contributed by atoms with Gasteiger partial charge in [0.1, 0.15) is 5.75 Å². The molecule has 0 unspecified atom stereocenters. The van der Waals surface area contributed by atoms with Crippen molar-refractivity contribution in [3.8, 4) is 5.75 Å². The number of carbonyl (C=O) groups excluding carboxylic acids is 1. The number of alkyl halides is 2. The number of ether oxygens (including phenoxy) is 2. The van der Waals surface area contributed by atoms with Crippen molar-refractivity contribution in [1.29, 1.82) is 0 Å². The van der Waals surface area contributed by atoms with E-state index >= 15 is 0 Å². The molecule has 0 aliphatic heterocycles. The summed E-state index contributed by atoms with van der Waals surface area (Å²) in [4.78, 5) is 11.5. The molecule has 0 N–H and O–H groups in total. The molecule has 2 rings (SSSR count). The van der Waals surface area contributed by atoms with Crippen molar-refractivity contribution in [3.05, 3.63) is 42.0 Å². The lowest BCUT2D eigenvalue weighted by Crippen LogP contribution is -2.05. The molecule has 2 aromatic rings. The number of esters is 1. The second-order valence-corrected chi connectivity index (χ2v) is 3.53. The highest BCUT2D eigenvalue weighted by atomic mass is 19.3. The maximum atomic E-state index is 12.3. The number of halogens is 2. The summed E-state index contributed by atoms with van der Waals surface area (Å²) in [6, 6.07) is 9.40. The van der Waals surface area contributed by atoms with E-state index in [9.17, 15) is 13.6 Å². The molecule has 0 radical (unpaired) electrons. The molecule has 0 atom stereocenters. The molecule has 2 aromatic carbocycles. The Morgan fingerprint density at radius 3 is 2.39 bits per heavy atom. The van der Waals surface area contributed by atoms with Crippen LogP contribution in [-0.4, -0.2) is 19.7 Å². The number of hydrogen-bond donors (Lipinski definition) is 0. The minimum atomic E-state index is -2.91. The van der Waals surface area contributed by atoms with Crippen LogP contribution in [-0.2, 0) is 4.74 Å².